The second-order valence-corrected chi connectivity index (χ2v) is 6.93. The number of ether oxygens (including phenoxy) is 2. The number of aryl methyl sites for hydroxylation is 1. The monoisotopic (exact) mass is 359 g/mol. The van der Waals surface area contributed by atoms with Crippen LogP contribution in [0.3, 0.4) is 0 Å². The molecule has 25 heavy (non-hydrogen) atoms. The van der Waals surface area contributed by atoms with Crippen LogP contribution in [0, 0.1) is 0 Å². The number of nitrogens with one attached hydrogen (secondary N) is 1. The first-order valence-electron chi connectivity index (χ1n) is 8.41. The summed E-state index contributed by atoms with van der Waals surface area (Å²) in [7, 11) is 1.58. The van der Waals surface area contributed by atoms with Gasteiger partial charge in [-0.3, -0.25) is 4.79 Å². The average Bonchev–Trinajstić information content (AvgIpc) is 3.02. The van der Waals surface area contributed by atoms with Gasteiger partial charge >= 0.3 is 5.97 Å². The van der Waals surface area contributed by atoms with Crippen molar-refractivity contribution in [3.63, 3.8) is 0 Å². The molecule has 1 amide bonds. The highest BCUT2D eigenvalue weighted by atomic mass is 32.1. The molecule has 0 aliphatic heterocycles. The Labute approximate surface area is 151 Å². The number of carbonyl (C=O) groups excluding carboxylic acids is 2. The van der Waals surface area contributed by atoms with Crippen molar-refractivity contribution in [2.45, 2.75) is 32.6 Å². The van der Waals surface area contributed by atoms with E-state index in [-0.39, 0.29) is 5.91 Å². The third kappa shape index (κ3) is 3.69. The van der Waals surface area contributed by atoms with E-state index in [9.17, 15) is 9.59 Å². The van der Waals surface area contributed by atoms with Crippen LogP contribution in [0.1, 0.15) is 50.2 Å². The molecule has 0 unspecified atom stereocenters. The summed E-state index contributed by atoms with van der Waals surface area (Å²) in [6, 6.07) is 7.17. The fraction of sp³-hybridized carbons (Fsp3) is 0.368. The van der Waals surface area contributed by atoms with E-state index in [0.717, 1.165) is 36.1 Å². The Morgan fingerprint density at radius 2 is 2.04 bits per heavy atom. The zero-order chi connectivity index (χ0) is 17.8. The maximum absolute atomic E-state index is 12.9. The lowest BCUT2D eigenvalue weighted by molar-refractivity contribution is 0.0529. The molecule has 0 saturated carbocycles. The fourth-order valence-corrected chi connectivity index (χ4v) is 4.32. The normalized spacial score (nSPS) is 13.0. The Morgan fingerprint density at radius 1 is 1.24 bits per heavy atom. The lowest BCUT2D eigenvalue weighted by Crippen LogP contribution is -2.18. The van der Waals surface area contributed by atoms with Gasteiger partial charge in [0.2, 0.25) is 0 Å². The minimum absolute atomic E-state index is 0.268. The molecule has 6 heteroatoms. The van der Waals surface area contributed by atoms with Gasteiger partial charge in [-0.15, -0.1) is 11.3 Å². The number of fused-ring (bicyclic) bond motifs is 1. The minimum Gasteiger partial charge on any atom is -0.497 e. The third-order valence-electron chi connectivity index (χ3n) is 4.19. The van der Waals surface area contributed by atoms with Crippen LogP contribution < -0.4 is 10.1 Å². The number of thiophene rings is 1. The van der Waals surface area contributed by atoms with E-state index in [1.54, 1.807) is 26.2 Å². The first kappa shape index (κ1) is 17.5. The van der Waals surface area contributed by atoms with Gasteiger partial charge in [0.1, 0.15) is 10.6 Å². The fourth-order valence-electron chi connectivity index (χ4n) is 3.04. The van der Waals surface area contributed by atoms with Crippen LogP contribution in [0.25, 0.3) is 0 Å². The molecule has 0 spiro atoms. The van der Waals surface area contributed by atoms with Crippen LogP contribution in [-0.4, -0.2) is 25.6 Å². The molecular weight excluding hydrogens is 338 g/mol. The summed E-state index contributed by atoms with van der Waals surface area (Å²) in [6.45, 7) is 2.06. The smallest absolute Gasteiger partial charge is 0.349 e. The van der Waals surface area contributed by atoms with E-state index in [2.05, 4.69) is 5.32 Å². The second-order valence-electron chi connectivity index (χ2n) is 5.82. The van der Waals surface area contributed by atoms with E-state index in [1.807, 2.05) is 12.1 Å². The van der Waals surface area contributed by atoms with E-state index >= 15 is 0 Å². The van der Waals surface area contributed by atoms with E-state index < -0.39 is 5.97 Å². The first-order chi connectivity index (χ1) is 12.1. The molecule has 1 aromatic carbocycles. The summed E-state index contributed by atoms with van der Waals surface area (Å²) in [6.07, 6.45) is 3.86. The van der Waals surface area contributed by atoms with Gasteiger partial charge < -0.3 is 14.8 Å². The Bertz CT molecular complexity index is 797. The number of hydrogen-bond acceptors (Lipinski definition) is 5. The lowest BCUT2D eigenvalue weighted by Gasteiger charge is -2.13. The maximum Gasteiger partial charge on any atom is 0.349 e. The Kier molecular flexibility index (Phi) is 5.38. The van der Waals surface area contributed by atoms with Crippen molar-refractivity contribution >= 4 is 28.9 Å². The molecule has 0 bridgehead atoms. The topological polar surface area (TPSA) is 64.6 Å². The predicted octanol–water partition coefficient (Wildman–Crippen LogP) is 4.06. The third-order valence-corrected chi connectivity index (χ3v) is 5.46. The van der Waals surface area contributed by atoms with Crippen molar-refractivity contribution in [1.29, 1.82) is 0 Å². The van der Waals surface area contributed by atoms with E-state index in [4.69, 9.17) is 9.47 Å². The van der Waals surface area contributed by atoms with Crippen LogP contribution in [0.2, 0.25) is 0 Å². The van der Waals surface area contributed by atoms with Crippen molar-refractivity contribution in [3.8, 4) is 5.75 Å². The molecule has 3 rings (SSSR count). The molecule has 1 heterocycles. The molecule has 0 radical (unpaired) electrons. The van der Waals surface area contributed by atoms with Crippen molar-refractivity contribution < 1.29 is 19.1 Å². The average molecular weight is 359 g/mol. The first-order valence-corrected chi connectivity index (χ1v) is 9.22. The summed E-state index contributed by atoms with van der Waals surface area (Å²) in [4.78, 5) is 26.8. The van der Waals surface area contributed by atoms with Gasteiger partial charge in [0, 0.05) is 16.6 Å². The molecule has 132 valence electrons. The van der Waals surface area contributed by atoms with Gasteiger partial charge in [-0.25, -0.2) is 4.79 Å². The van der Waals surface area contributed by atoms with E-state index in [1.165, 1.54) is 11.3 Å². The van der Waals surface area contributed by atoms with Gasteiger partial charge in [-0.05, 0) is 50.3 Å². The van der Waals surface area contributed by atoms with Crippen LogP contribution >= 0.6 is 11.3 Å². The standard InChI is InChI=1S/C19H21NO4S/c1-3-24-19(22)17-16(14-9-4-5-10-15(14)25-17)18(21)20-12-7-6-8-13(11-12)23-2/h6-8,11H,3-5,9-10H2,1-2H3,(H,20,21). The summed E-state index contributed by atoms with van der Waals surface area (Å²) >= 11 is 1.40. The molecule has 0 atom stereocenters. The van der Waals surface area contributed by atoms with Crippen LogP contribution in [0.4, 0.5) is 5.69 Å². The number of rotatable bonds is 5. The Balaban J connectivity index is 1.95. The molecule has 0 saturated heterocycles. The van der Waals surface area contributed by atoms with Gasteiger partial charge in [-0.1, -0.05) is 6.07 Å². The van der Waals surface area contributed by atoms with Crippen LogP contribution in [0.15, 0.2) is 24.3 Å². The summed E-state index contributed by atoms with van der Waals surface area (Å²) in [5.41, 5.74) is 2.11. The molecule has 1 aromatic heterocycles. The molecular formula is C19H21NO4S. The van der Waals surface area contributed by atoms with Crippen LogP contribution in [0.5, 0.6) is 5.75 Å². The predicted molar refractivity (Wildman–Crippen MR) is 97.9 cm³/mol. The Morgan fingerprint density at radius 3 is 2.80 bits per heavy atom. The zero-order valence-electron chi connectivity index (χ0n) is 14.4. The molecule has 1 aliphatic rings. The highest BCUT2D eigenvalue weighted by Gasteiger charge is 2.29. The number of amides is 1. The molecule has 1 aliphatic carbocycles. The number of esters is 1. The summed E-state index contributed by atoms with van der Waals surface area (Å²) in [5, 5.41) is 2.89. The summed E-state index contributed by atoms with van der Waals surface area (Å²) < 4.78 is 10.3. The van der Waals surface area contributed by atoms with Crippen molar-refractivity contribution in [3.05, 3.63) is 45.1 Å². The summed E-state index contributed by atoms with van der Waals surface area (Å²) in [5.74, 6) is -0.0239. The SMILES string of the molecule is CCOC(=O)c1sc2c(c1C(=O)Nc1cccc(OC)c1)CCCC2. The lowest BCUT2D eigenvalue weighted by atomic mass is 9.94. The minimum atomic E-state index is -0.419. The van der Waals surface area contributed by atoms with Crippen molar-refractivity contribution in [2.24, 2.45) is 0 Å². The molecule has 0 fully saturated rings. The Hall–Kier alpha value is -2.34. The van der Waals surface area contributed by atoms with Crippen molar-refractivity contribution in [2.75, 3.05) is 19.0 Å². The number of carbonyl (C=O) groups is 2. The molecule has 5 nitrogen and oxygen atoms in total. The van der Waals surface area contributed by atoms with Crippen LogP contribution in [-0.2, 0) is 17.6 Å². The maximum atomic E-state index is 12.9. The molecule has 2 aromatic rings. The van der Waals surface area contributed by atoms with Gasteiger partial charge in [-0.2, -0.15) is 0 Å². The number of methoxy groups -OCH3 is 1. The number of benzene rings is 1. The molecule has 1 N–H and O–H groups in total. The van der Waals surface area contributed by atoms with E-state index in [0.29, 0.717) is 28.5 Å². The quantitative estimate of drug-likeness (QED) is 0.818. The number of hydrogen-bond donors (Lipinski definition) is 1. The van der Waals surface area contributed by atoms with Gasteiger partial charge in [0.25, 0.3) is 5.91 Å². The largest absolute Gasteiger partial charge is 0.497 e. The zero-order valence-corrected chi connectivity index (χ0v) is 15.2. The van der Waals surface area contributed by atoms with Crippen molar-refractivity contribution in [1.82, 2.24) is 0 Å². The van der Waals surface area contributed by atoms with Gasteiger partial charge in [0.15, 0.2) is 0 Å². The number of anilines is 1. The highest BCUT2D eigenvalue weighted by Crippen LogP contribution is 2.35. The van der Waals surface area contributed by atoms with Gasteiger partial charge in [0.05, 0.1) is 19.3 Å². The second kappa shape index (κ2) is 7.70. The highest BCUT2D eigenvalue weighted by molar-refractivity contribution is 7.14.